The molecule has 5 nitrogen and oxygen atoms in total. The molecule has 0 amide bonds. The van der Waals surface area contributed by atoms with Gasteiger partial charge < -0.3 is 9.13 Å². The summed E-state index contributed by atoms with van der Waals surface area (Å²) in [6.45, 7) is 0. The number of thiophene rings is 1. The van der Waals surface area contributed by atoms with Crippen LogP contribution in [-0.2, 0) is 0 Å². The highest BCUT2D eigenvalue weighted by Gasteiger charge is 2.22. The van der Waals surface area contributed by atoms with Gasteiger partial charge in [0, 0.05) is 59.4 Å². The molecule has 8 aromatic carbocycles. The lowest BCUT2D eigenvalue weighted by molar-refractivity contribution is 1.08. The molecule has 0 atom stereocenters. The maximum absolute atomic E-state index is 5.14. The lowest BCUT2D eigenvalue weighted by Crippen LogP contribution is -2.00. The molecule has 266 valence electrons. The first kappa shape index (κ1) is 31.9. The summed E-state index contributed by atoms with van der Waals surface area (Å²) in [7, 11) is 0. The Kier molecular flexibility index (Phi) is 7.03. The monoisotopic (exact) mass is 745 g/mol. The number of benzene rings is 8. The van der Waals surface area contributed by atoms with Crippen LogP contribution in [0, 0.1) is 0 Å². The van der Waals surface area contributed by atoms with E-state index in [1.165, 1.54) is 58.4 Å². The fraction of sp³-hybridized carbons (Fsp3) is 0. The molecule has 57 heavy (non-hydrogen) atoms. The van der Waals surface area contributed by atoms with Crippen LogP contribution in [0.2, 0.25) is 0 Å². The first-order chi connectivity index (χ1) is 28.3. The van der Waals surface area contributed by atoms with E-state index in [4.69, 9.17) is 15.0 Å². The van der Waals surface area contributed by atoms with E-state index >= 15 is 0 Å². The normalized spacial score (nSPS) is 11.9. The molecule has 0 aliphatic carbocycles. The molecule has 4 aromatic heterocycles. The van der Waals surface area contributed by atoms with Crippen molar-refractivity contribution < 1.29 is 0 Å². The van der Waals surface area contributed by atoms with Crippen molar-refractivity contribution in [2.24, 2.45) is 0 Å². The highest BCUT2D eigenvalue weighted by atomic mass is 32.1. The fourth-order valence-electron chi connectivity index (χ4n) is 8.67. The minimum atomic E-state index is 0.655. The topological polar surface area (TPSA) is 48.5 Å². The molecule has 0 aliphatic rings. The number of hydrogen-bond donors (Lipinski definition) is 0. The lowest BCUT2D eigenvalue weighted by Gasteiger charge is -2.11. The van der Waals surface area contributed by atoms with E-state index in [1.54, 1.807) is 0 Å². The minimum absolute atomic E-state index is 0.655. The van der Waals surface area contributed by atoms with Gasteiger partial charge >= 0.3 is 0 Å². The maximum Gasteiger partial charge on any atom is 0.164 e. The highest BCUT2D eigenvalue weighted by Crippen LogP contribution is 2.45. The Morgan fingerprint density at radius 2 is 0.877 bits per heavy atom. The Hall–Kier alpha value is -7.41. The summed E-state index contributed by atoms with van der Waals surface area (Å²) in [5.41, 5.74) is 9.97. The summed E-state index contributed by atoms with van der Waals surface area (Å²) in [6.07, 6.45) is 0. The van der Waals surface area contributed by atoms with Crippen LogP contribution < -0.4 is 0 Å². The van der Waals surface area contributed by atoms with E-state index < -0.39 is 0 Å². The molecule has 0 saturated carbocycles. The van der Waals surface area contributed by atoms with E-state index in [0.29, 0.717) is 17.5 Å². The third-order valence-electron chi connectivity index (χ3n) is 11.2. The second-order valence-electron chi connectivity index (χ2n) is 14.4. The van der Waals surface area contributed by atoms with Gasteiger partial charge in [-0.1, -0.05) is 140 Å². The Labute approximate surface area is 331 Å². The van der Waals surface area contributed by atoms with Crippen molar-refractivity contribution in [2.75, 3.05) is 0 Å². The van der Waals surface area contributed by atoms with Gasteiger partial charge in [0.1, 0.15) is 0 Å². The minimum Gasteiger partial charge on any atom is -0.309 e. The molecule has 0 fully saturated rings. The standard InChI is InChI=1S/C51H31N5S/c1-4-16-32(17-5-1)49-52-50(33-18-6-2-7-19-33)54-51(53-49)38-25-15-29-46-47(38)37-24-14-28-43(48(37)57-46)56-42-27-13-11-23-36(42)40-30-44-39(31-45(40)56)35-22-10-12-26-41(35)55(44)34-20-8-3-9-21-34/h1-31H. The van der Waals surface area contributed by atoms with Crippen LogP contribution in [0.3, 0.4) is 0 Å². The zero-order valence-corrected chi connectivity index (χ0v) is 31.4. The molecule has 0 spiro atoms. The molecule has 0 radical (unpaired) electrons. The molecule has 0 aliphatic heterocycles. The second-order valence-corrected chi connectivity index (χ2v) is 15.5. The van der Waals surface area contributed by atoms with Crippen molar-refractivity contribution in [2.45, 2.75) is 0 Å². The van der Waals surface area contributed by atoms with Crippen molar-refractivity contribution in [1.82, 2.24) is 24.1 Å². The van der Waals surface area contributed by atoms with Crippen molar-refractivity contribution in [1.29, 1.82) is 0 Å². The van der Waals surface area contributed by atoms with Gasteiger partial charge in [-0.25, -0.2) is 15.0 Å². The van der Waals surface area contributed by atoms with Gasteiger partial charge in [0.05, 0.1) is 32.5 Å². The zero-order valence-electron chi connectivity index (χ0n) is 30.5. The summed E-state index contributed by atoms with van der Waals surface area (Å²) in [5, 5.41) is 7.25. The van der Waals surface area contributed by atoms with Crippen LogP contribution in [0.1, 0.15) is 0 Å². The molecule has 0 unspecified atom stereocenters. The molecule has 6 heteroatoms. The van der Waals surface area contributed by atoms with Crippen LogP contribution in [0.4, 0.5) is 0 Å². The number of rotatable bonds is 5. The molecule has 0 bridgehead atoms. The third kappa shape index (κ3) is 4.91. The first-order valence-electron chi connectivity index (χ1n) is 19.1. The van der Waals surface area contributed by atoms with Gasteiger partial charge in [0.15, 0.2) is 17.5 Å². The van der Waals surface area contributed by atoms with Gasteiger partial charge in [0.25, 0.3) is 0 Å². The van der Waals surface area contributed by atoms with Crippen molar-refractivity contribution in [3.8, 4) is 45.5 Å². The number of hydrogen-bond acceptors (Lipinski definition) is 4. The summed E-state index contributed by atoms with van der Waals surface area (Å²) in [6, 6.07) is 66.6. The largest absolute Gasteiger partial charge is 0.309 e. The fourth-order valence-corrected chi connectivity index (χ4v) is 9.90. The zero-order chi connectivity index (χ0) is 37.5. The lowest BCUT2D eigenvalue weighted by atomic mass is 10.0. The number of fused-ring (bicyclic) bond motifs is 9. The SMILES string of the molecule is c1ccc(-c2nc(-c3ccccc3)nc(-c3cccc4sc5c(-n6c7ccccc7c7cc8c(cc76)c6ccccc6n8-c6ccccc6)cccc5c34)n2)cc1. The van der Waals surface area contributed by atoms with E-state index in [-0.39, 0.29) is 0 Å². The Bertz CT molecular complexity index is 3450. The predicted octanol–water partition coefficient (Wildman–Crippen LogP) is 13.4. The van der Waals surface area contributed by atoms with Crippen molar-refractivity contribution >= 4 is 75.1 Å². The quantitative estimate of drug-likeness (QED) is 0.176. The second kappa shape index (κ2) is 12.6. The van der Waals surface area contributed by atoms with Gasteiger partial charge in [-0.15, -0.1) is 11.3 Å². The van der Waals surface area contributed by atoms with Crippen molar-refractivity contribution in [3.63, 3.8) is 0 Å². The Morgan fingerprint density at radius 1 is 0.368 bits per heavy atom. The van der Waals surface area contributed by atoms with Crippen LogP contribution in [0.5, 0.6) is 0 Å². The highest BCUT2D eigenvalue weighted by molar-refractivity contribution is 7.26. The summed E-state index contributed by atoms with van der Waals surface area (Å²) >= 11 is 1.83. The van der Waals surface area contributed by atoms with Crippen LogP contribution >= 0.6 is 11.3 Å². The molecule has 12 aromatic rings. The van der Waals surface area contributed by atoms with Gasteiger partial charge in [-0.3, -0.25) is 0 Å². The number of nitrogens with zero attached hydrogens (tertiary/aromatic N) is 5. The van der Waals surface area contributed by atoms with E-state index in [2.05, 4.69) is 161 Å². The van der Waals surface area contributed by atoms with E-state index in [0.717, 1.165) is 33.5 Å². The molecule has 4 heterocycles. The Morgan fingerprint density at radius 3 is 1.53 bits per heavy atom. The molecular weight excluding hydrogens is 715 g/mol. The number of para-hydroxylation sites is 3. The van der Waals surface area contributed by atoms with E-state index in [9.17, 15) is 0 Å². The first-order valence-corrected chi connectivity index (χ1v) is 19.9. The van der Waals surface area contributed by atoms with Gasteiger partial charge in [-0.2, -0.15) is 0 Å². The molecule has 0 saturated heterocycles. The predicted molar refractivity (Wildman–Crippen MR) is 238 cm³/mol. The van der Waals surface area contributed by atoms with Crippen molar-refractivity contribution in [3.05, 3.63) is 188 Å². The smallest absolute Gasteiger partial charge is 0.164 e. The maximum atomic E-state index is 5.14. The van der Waals surface area contributed by atoms with Crippen LogP contribution in [-0.4, -0.2) is 24.1 Å². The summed E-state index contributed by atoms with van der Waals surface area (Å²) in [5.74, 6) is 1.97. The van der Waals surface area contributed by atoms with E-state index in [1.807, 2.05) is 47.7 Å². The van der Waals surface area contributed by atoms with Gasteiger partial charge in [0.2, 0.25) is 0 Å². The molecular formula is C51H31N5S. The van der Waals surface area contributed by atoms with Crippen LogP contribution in [0.25, 0.3) is 109 Å². The summed E-state index contributed by atoms with van der Waals surface area (Å²) < 4.78 is 7.28. The van der Waals surface area contributed by atoms with Gasteiger partial charge in [-0.05, 0) is 48.5 Å². The number of aromatic nitrogens is 5. The Balaban J connectivity index is 1.12. The average Bonchev–Trinajstić information content (AvgIpc) is 3.94. The molecule has 12 rings (SSSR count). The third-order valence-corrected chi connectivity index (χ3v) is 12.4. The average molecular weight is 746 g/mol. The van der Waals surface area contributed by atoms with Crippen LogP contribution in [0.15, 0.2) is 188 Å². The summed E-state index contributed by atoms with van der Waals surface area (Å²) in [4.78, 5) is 15.3. The molecule has 0 N–H and O–H groups in total.